The second kappa shape index (κ2) is 10.2. The number of benzene rings is 2. The highest BCUT2D eigenvalue weighted by Crippen LogP contribution is 2.55. The maximum absolute atomic E-state index is 14.2. The quantitative estimate of drug-likeness (QED) is 0.509. The van der Waals surface area contributed by atoms with Crippen LogP contribution in [0, 0.1) is 11.7 Å². The number of anilines is 1. The summed E-state index contributed by atoms with van der Waals surface area (Å²) in [5.74, 6) is -0.668. The van der Waals surface area contributed by atoms with Crippen LogP contribution in [0.3, 0.4) is 0 Å². The molecule has 2 heterocycles. The minimum atomic E-state index is -4.32. The fourth-order valence-corrected chi connectivity index (χ4v) is 6.79. The number of fused-ring (bicyclic) bond motifs is 3. The normalized spacial score (nSPS) is 22.2. The summed E-state index contributed by atoms with van der Waals surface area (Å²) in [5.41, 5.74) is 0.891. The second-order valence-electron chi connectivity index (χ2n) is 10.2. The van der Waals surface area contributed by atoms with Crippen LogP contribution in [0.1, 0.15) is 47.2 Å². The number of likely N-dealkylation sites (tertiary alicyclic amines) is 1. The minimum absolute atomic E-state index is 0.000100. The van der Waals surface area contributed by atoms with E-state index in [2.05, 4.69) is 16.5 Å². The van der Waals surface area contributed by atoms with E-state index in [0.717, 1.165) is 56.2 Å². The van der Waals surface area contributed by atoms with E-state index in [0.29, 0.717) is 18.3 Å². The van der Waals surface area contributed by atoms with Gasteiger partial charge >= 0.3 is 5.97 Å². The number of likely N-dealkylation sites (N-methyl/N-ethyl adjacent to an activating group) is 2. The van der Waals surface area contributed by atoms with Crippen molar-refractivity contribution in [3.63, 3.8) is 0 Å². The smallest absolute Gasteiger partial charge is 0.343 e. The van der Waals surface area contributed by atoms with Gasteiger partial charge in [0, 0.05) is 32.1 Å². The molecule has 2 aromatic rings. The molecule has 1 amide bonds. The Kier molecular flexibility index (Phi) is 7.08. The molecule has 1 aliphatic carbocycles. The largest absolute Gasteiger partial charge is 0.492 e. The Labute approximate surface area is 221 Å². The van der Waals surface area contributed by atoms with Crippen LogP contribution in [0.15, 0.2) is 35.2 Å². The molecule has 0 spiro atoms. The maximum atomic E-state index is 14.2. The van der Waals surface area contributed by atoms with E-state index in [1.807, 2.05) is 0 Å². The first kappa shape index (κ1) is 26.4. The standard InChI is InChI=1S/C27H32FN3O6S/c1-4-31-10-9-19(14-31)30(2)24(32)13-16-11-18(28)5-8-23(16)38(34,35)29-22-7-6-20-21-12-17(21)15-37-26(20)25(22)27(33)36-3/h5-8,11,17,19,21,29H,4,9-10,12-15H2,1-3H3. The molecule has 204 valence electrons. The summed E-state index contributed by atoms with van der Waals surface area (Å²) in [7, 11) is -1.41. The van der Waals surface area contributed by atoms with Crippen molar-refractivity contribution in [2.45, 2.75) is 43.0 Å². The monoisotopic (exact) mass is 545 g/mol. The Bertz CT molecular complexity index is 1380. The van der Waals surface area contributed by atoms with Gasteiger partial charge in [-0.25, -0.2) is 17.6 Å². The first-order chi connectivity index (χ1) is 18.1. The third-order valence-electron chi connectivity index (χ3n) is 7.88. The molecule has 0 radical (unpaired) electrons. The zero-order valence-electron chi connectivity index (χ0n) is 21.7. The van der Waals surface area contributed by atoms with E-state index in [4.69, 9.17) is 9.47 Å². The zero-order chi connectivity index (χ0) is 27.2. The van der Waals surface area contributed by atoms with Crippen molar-refractivity contribution in [2.24, 2.45) is 5.92 Å². The van der Waals surface area contributed by atoms with Crippen LogP contribution in [0.5, 0.6) is 5.75 Å². The number of nitrogens with one attached hydrogen (secondary N) is 1. The molecule has 3 aliphatic rings. The highest BCUT2D eigenvalue weighted by atomic mass is 32.2. The summed E-state index contributed by atoms with van der Waals surface area (Å²) < 4.78 is 54.6. The number of rotatable bonds is 8. The van der Waals surface area contributed by atoms with Gasteiger partial charge in [0.15, 0.2) is 0 Å². The molecule has 3 atom stereocenters. The average molecular weight is 546 g/mol. The average Bonchev–Trinajstić information content (AvgIpc) is 3.54. The van der Waals surface area contributed by atoms with E-state index in [-0.39, 0.29) is 46.0 Å². The summed E-state index contributed by atoms with van der Waals surface area (Å²) in [5, 5.41) is 0. The van der Waals surface area contributed by atoms with Crippen LogP contribution in [-0.4, -0.2) is 76.5 Å². The topological polar surface area (TPSA) is 105 Å². The van der Waals surface area contributed by atoms with E-state index in [1.165, 1.54) is 13.2 Å². The van der Waals surface area contributed by atoms with Crippen LogP contribution in [0.25, 0.3) is 0 Å². The molecule has 38 heavy (non-hydrogen) atoms. The van der Waals surface area contributed by atoms with Gasteiger partial charge in [-0.05, 0) is 60.7 Å². The number of esters is 1. The van der Waals surface area contributed by atoms with Gasteiger partial charge in [0.2, 0.25) is 5.91 Å². The number of ether oxygens (including phenoxy) is 2. The molecule has 2 aliphatic heterocycles. The van der Waals surface area contributed by atoms with Crippen molar-refractivity contribution >= 4 is 27.6 Å². The minimum Gasteiger partial charge on any atom is -0.492 e. The molecular formula is C27H32FN3O6S. The molecule has 1 N–H and O–H groups in total. The Balaban J connectivity index is 1.43. The maximum Gasteiger partial charge on any atom is 0.343 e. The highest BCUT2D eigenvalue weighted by Gasteiger charge is 2.45. The molecule has 0 aromatic heterocycles. The predicted octanol–water partition coefficient (Wildman–Crippen LogP) is 3.00. The van der Waals surface area contributed by atoms with Gasteiger partial charge in [-0.1, -0.05) is 13.0 Å². The summed E-state index contributed by atoms with van der Waals surface area (Å²) >= 11 is 0. The molecule has 11 heteroatoms. The van der Waals surface area contributed by atoms with Crippen LogP contribution in [0.4, 0.5) is 10.1 Å². The Morgan fingerprint density at radius 1 is 1.26 bits per heavy atom. The third kappa shape index (κ3) is 4.96. The zero-order valence-corrected chi connectivity index (χ0v) is 22.5. The fraction of sp³-hybridized carbons (Fsp3) is 0.481. The number of methoxy groups -OCH3 is 1. The summed E-state index contributed by atoms with van der Waals surface area (Å²) in [6, 6.07) is 6.53. The Morgan fingerprint density at radius 3 is 2.76 bits per heavy atom. The molecule has 9 nitrogen and oxygen atoms in total. The predicted molar refractivity (Wildman–Crippen MR) is 138 cm³/mol. The van der Waals surface area contributed by atoms with E-state index in [1.54, 1.807) is 18.0 Å². The molecule has 1 saturated carbocycles. The number of carbonyl (C=O) groups is 2. The number of sulfonamides is 1. The highest BCUT2D eigenvalue weighted by molar-refractivity contribution is 7.92. The van der Waals surface area contributed by atoms with Crippen molar-refractivity contribution in [3.8, 4) is 5.75 Å². The van der Waals surface area contributed by atoms with Crippen molar-refractivity contribution < 1.29 is 31.9 Å². The van der Waals surface area contributed by atoms with Gasteiger partial charge in [-0.15, -0.1) is 0 Å². The van der Waals surface area contributed by atoms with E-state index >= 15 is 0 Å². The van der Waals surface area contributed by atoms with Crippen molar-refractivity contribution in [2.75, 3.05) is 45.1 Å². The lowest BCUT2D eigenvalue weighted by molar-refractivity contribution is -0.131. The molecular weight excluding hydrogens is 513 g/mol. The van der Waals surface area contributed by atoms with Gasteiger partial charge in [0.25, 0.3) is 10.0 Å². The SMILES string of the molecule is CCN1CCC(N(C)C(=O)Cc2cc(F)ccc2S(=O)(=O)Nc2ccc3c(c2C(=O)OC)OCC2CC32)C1. The lowest BCUT2D eigenvalue weighted by Gasteiger charge is -2.25. The number of amides is 1. The van der Waals surface area contributed by atoms with Crippen molar-refractivity contribution in [1.29, 1.82) is 0 Å². The molecule has 2 aromatic carbocycles. The van der Waals surface area contributed by atoms with Crippen LogP contribution < -0.4 is 9.46 Å². The van der Waals surface area contributed by atoms with Crippen LogP contribution in [0.2, 0.25) is 0 Å². The van der Waals surface area contributed by atoms with Crippen molar-refractivity contribution in [3.05, 3.63) is 52.8 Å². The molecule has 3 unspecified atom stereocenters. The summed E-state index contributed by atoms with van der Waals surface area (Å²) in [4.78, 5) is 29.4. The number of carbonyl (C=O) groups excluding carboxylic acids is 2. The molecule has 5 rings (SSSR count). The first-order valence-corrected chi connectivity index (χ1v) is 14.3. The Hall–Kier alpha value is -3.18. The Morgan fingerprint density at radius 2 is 2.05 bits per heavy atom. The molecule has 2 fully saturated rings. The van der Waals surface area contributed by atoms with Crippen LogP contribution in [-0.2, 0) is 26.0 Å². The number of hydrogen-bond donors (Lipinski definition) is 1. The first-order valence-electron chi connectivity index (χ1n) is 12.8. The van der Waals surface area contributed by atoms with E-state index in [9.17, 15) is 22.4 Å². The molecule has 1 saturated heterocycles. The summed E-state index contributed by atoms with van der Waals surface area (Å²) in [6.07, 6.45) is 1.50. The van der Waals surface area contributed by atoms with Gasteiger partial charge in [0.05, 0.1) is 30.7 Å². The second-order valence-corrected chi connectivity index (χ2v) is 11.8. The fourth-order valence-electron chi connectivity index (χ4n) is 5.49. The number of nitrogens with zero attached hydrogens (tertiary/aromatic N) is 2. The van der Waals surface area contributed by atoms with E-state index < -0.39 is 21.8 Å². The lowest BCUT2D eigenvalue weighted by Crippen LogP contribution is -2.40. The van der Waals surface area contributed by atoms with Gasteiger partial charge in [0.1, 0.15) is 17.1 Å². The summed E-state index contributed by atoms with van der Waals surface area (Å²) in [6.45, 7) is 5.03. The number of halogens is 1. The third-order valence-corrected chi connectivity index (χ3v) is 9.34. The molecule has 0 bridgehead atoms. The van der Waals surface area contributed by atoms with Gasteiger partial charge in [-0.3, -0.25) is 9.52 Å². The van der Waals surface area contributed by atoms with Crippen LogP contribution >= 0.6 is 0 Å². The van der Waals surface area contributed by atoms with Gasteiger partial charge in [-0.2, -0.15) is 0 Å². The van der Waals surface area contributed by atoms with Gasteiger partial charge < -0.3 is 19.3 Å². The lowest BCUT2D eigenvalue weighted by atomic mass is 10.0. The van der Waals surface area contributed by atoms with Crippen molar-refractivity contribution in [1.82, 2.24) is 9.80 Å². The number of hydrogen-bond acceptors (Lipinski definition) is 7.